The number of nitrogen functional groups attached to an aromatic ring is 1. The van der Waals surface area contributed by atoms with Crippen molar-refractivity contribution in [1.82, 2.24) is 15.2 Å². The van der Waals surface area contributed by atoms with E-state index in [9.17, 15) is 9.59 Å². The summed E-state index contributed by atoms with van der Waals surface area (Å²) >= 11 is 7.38. The Morgan fingerprint density at radius 2 is 2.16 bits per heavy atom. The second kappa shape index (κ2) is 9.51. The first kappa shape index (κ1) is 22.6. The van der Waals surface area contributed by atoms with Gasteiger partial charge in [0.1, 0.15) is 17.2 Å². The molecule has 2 amide bonds. The zero-order chi connectivity index (χ0) is 22.8. The van der Waals surface area contributed by atoms with E-state index in [1.807, 2.05) is 0 Å². The van der Waals surface area contributed by atoms with E-state index in [0.29, 0.717) is 57.4 Å². The molecule has 172 valence electrons. The molecule has 1 aromatic carbocycles. The van der Waals surface area contributed by atoms with Gasteiger partial charge < -0.3 is 26.3 Å². The number of nitrogens with two attached hydrogens (primary N) is 2. The highest BCUT2D eigenvalue weighted by Crippen LogP contribution is 2.38. The van der Waals surface area contributed by atoms with Crippen molar-refractivity contribution in [3.8, 4) is 10.9 Å². The molecule has 0 unspecified atom stereocenters. The Balaban J connectivity index is 1.25. The van der Waals surface area contributed by atoms with Crippen LogP contribution in [0.5, 0.6) is 10.9 Å². The van der Waals surface area contributed by atoms with Crippen LogP contribution in [0.25, 0.3) is 0 Å². The Morgan fingerprint density at radius 3 is 2.84 bits per heavy atom. The molecule has 11 heteroatoms. The molecule has 2 aliphatic rings. The van der Waals surface area contributed by atoms with Crippen molar-refractivity contribution in [3.63, 3.8) is 0 Å². The summed E-state index contributed by atoms with van der Waals surface area (Å²) in [6.45, 7) is 5.13. The van der Waals surface area contributed by atoms with E-state index in [2.05, 4.69) is 15.2 Å². The number of rotatable bonds is 7. The first-order valence-electron chi connectivity index (χ1n) is 10.5. The second-order valence-electron chi connectivity index (χ2n) is 7.92. The molecule has 9 nitrogen and oxygen atoms in total. The monoisotopic (exact) mass is 479 g/mol. The van der Waals surface area contributed by atoms with Gasteiger partial charge in [-0.2, -0.15) is 0 Å². The number of likely N-dealkylation sites (tertiary alicyclic amines) is 1. The smallest absolute Gasteiger partial charge is 0.274 e. The van der Waals surface area contributed by atoms with Crippen molar-refractivity contribution in [3.05, 3.63) is 32.8 Å². The quantitative estimate of drug-likeness (QED) is 0.517. The summed E-state index contributed by atoms with van der Waals surface area (Å²) in [4.78, 5) is 31.1. The maximum Gasteiger partial charge on any atom is 0.274 e. The Bertz CT molecular complexity index is 1040. The average molecular weight is 480 g/mol. The van der Waals surface area contributed by atoms with E-state index in [-0.39, 0.29) is 11.9 Å². The van der Waals surface area contributed by atoms with Crippen LogP contribution in [-0.2, 0) is 6.42 Å². The third kappa shape index (κ3) is 4.77. The number of halogens is 1. The number of fused-ring (bicyclic) bond motifs is 1. The summed E-state index contributed by atoms with van der Waals surface area (Å²) in [5.74, 6) is -0.121. The number of thiazole rings is 1. The van der Waals surface area contributed by atoms with Crippen LogP contribution in [0.15, 0.2) is 6.07 Å². The van der Waals surface area contributed by atoms with Crippen LogP contribution >= 0.6 is 22.9 Å². The SMILES string of the molecule is Cc1nc(OCCN2CCC(NC(=O)c3cc(Cl)c(N)c4c3OCC4)CC2)sc1C(N)=O. The molecule has 0 radical (unpaired) electrons. The lowest BCUT2D eigenvalue weighted by atomic mass is 10.0. The number of ether oxygens (including phenoxy) is 2. The van der Waals surface area contributed by atoms with Gasteiger partial charge in [-0.05, 0) is 25.8 Å². The van der Waals surface area contributed by atoms with Gasteiger partial charge in [-0.25, -0.2) is 4.98 Å². The number of amides is 2. The Hall–Kier alpha value is -2.56. The highest BCUT2D eigenvalue weighted by Gasteiger charge is 2.27. The van der Waals surface area contributed by atoms with E-state index in [1.54, 1.807) is 13.0 Å². The molecule has 0 saturated carbocycles. The first-order valence-corrected chi connectivity index (χ1v) is 11.7. The van der Waals surface area contributed by atoms with Crippen LogP contribution in [0.4, 0.5) is 5.69 Å². The van der Waals surface area contributed by atoms with Gasteiger partial charge in [-0.3, -0.25) is 14.5 Å². The molecule has 32 heavy (non-hydrogen) atoms. The molecule has 2 aromatic rings. The number of carbonyl (C=O) groups is 2. The number of aryl methyl sites for hydroxylation is 1. The van der Waals surface area contributed by atoms with Crippen molar-refractivity contribution in [2.45, 2.75) is 32.2 Å². The lowest BCUT2D eigenvalue weighted by molar-refractivity contribution is 0.0901. The maximum atomic E-state index is 12.9. The van der Waals surface area contributed by atoms with Gasteiger partial charge in [0.25, 0.3) is 17.0 Å². The summed E-state index contributed by atoms with van der Waals surface area (Å²) in [6, 6.07) is 1.67. The molecular formula is C21H26ClN5O4S. The Kier molecular flexibility index (Phi) is 6.73. The number of hydrogen-bond donors (Lipinski definition) is 3. The van der Waals surface area contributed by atoms with E-state index in [4.69, 9.17) is 32.5 Å². The minimum atomic E-state index is -0.489. The average Bonchev–Trinajstić information content (AvgIpc) is 3.39. The minimum absolute atomic E-state index is 0.0767. The molecule has 0 aliphatic carbocycles. The molecule has 5 N–H and O–H groups in total. The third-order valence-electron chi connectivity index (χ3n) is 5.77. The highest BCUT2D eigenvalue weighted by molar-refractivity contribution is 7.15. The number of aromatic nitrogens is 1. The van der Waals surface area contributed by atoms with Gasteiger partial charge in [0.05, 0.1) is 28.6 Å². The summed E-state index contributed by atoms with van der Waals surface area (Å²) in [5.41, 5.74) is 13.7. The van der Waals surface area contributed by atoms with Crippen LogP contribution in [0.2, 0.25) is 5.02 Å². The summed E-state index contributed by atoms with van der Waals surface area (Å²) < 4.78 is 11.3. The van der Waals surface area contributed by atoms with Crippen molar-refractivity contribution < 1.29 is 19.1 Å². The largest absolute Gasteiger partial charge is 0.492 e. The van der Waals surface area contributed by atoms with Gasteiger partial charge in [-0.1, -0.05) is 22.9 Å². The number of anilines is 1. The molecule has 0 atom stereocenters. The number of hydrogen-bond acceptors (Lipinski definition) is 8. The fourth-order valence-corrected chi connectivity index (χ4v) is 5.04. The first-order chi connectivity index (χ1) is 15.3. The summed E-state index contributed by atoms with van der Waals surface area (Å²) in [6.07, 6.45) is 2.33. The molecule has 1 fully saturated rings. The van der Waals surface area contributed by atoms with Crippen LogP contribution in [0.1, 0.15) is 44.1 Å². The predicted molar refractivity (Wildman–Crippen MR) is 123 cm³/mol. The molecular weight excluding hydrogens is 454 g/mol. The van der Waals surface area contributed by atoms with E-state index in [1.165, 1.54) is 11.3 Å². The fourth-order valence-electron chi connectivity index (χ4n) is 4.02. The molecule has 2 aliphatic heterocycles. The number of nitrogens with one attached hydrogen (secondary N) is 1. The minimum Gasteiger partial charge on any atom is -0.492 e. The second-order valence-corrected chi connectivity index (χ2v) is 9.29. The van der Waals surface area contributed by atoms with Crippen molar-refractivity contribution in [2.24, 2.45) is 5.73 Å². The van der Waals surface area contributed by atoms with Gasteiger partial charge in [-0.15, -0.1) is 0 Å². The van der Waals surface area contributed by atoms with Crippen LogP contribution in [0.3, 0.4) is 0 Å². The van der Waals surface area contributed by atoms with Gasteiger partial charge in [0.15, 0.2) is 0 Å². The van der Waals surface area contributed by atoms with E-state index >= 15 is 0 Å². The van der Waals surface area contributed by atoms with Crippen molar-refractivity contribution in [1.29, 1.82) is 0 Å². The normalized spacial score (nSPS) is 16.4. The van der Waals surface area contributed by atoms with E-state index in [0.717, 1.165) is 38.0 Å². The van der Waals surface area contributed by atoms with Crippen LogP contribution in [-0.4, -0.2) is 60.6 Å². The Morgan fingerprint density at radius 1 is 1.41 bits per heavy atom. The lowest BCUT2D eigenvalue weighted by Crippen LogP contribution is -2.45. The molecule has 1 saturated heterocycles. The topological polar surface area (TPSA) is 133 Å². The fraction of sp³-hybridized carbons (Fsp3) is 0.476. The van der Waals surface area contributed by atoms with Gasteiger partial charge in [0.2, 0.25) is 0 Å². The van der Waals surface area contributed by atoms with Crippen LogP contribution in [0, 0.1) is 6.92 Å². The standard InChI is InChI=1S/C21H26ClN5O4S/c1-11-18(19(24)28)32-21(25-11)31-9-7-27-5-2-12(3-6-27)26-20(29)14-10-15(22)16(23)13-4-8-30-17(13)14/h10,12H,2-9,23H2,1H3,(H2,24,28)(H,26,29). The van der Waals surface area contributed by atoms with Crippen molar-refractivity contribution >= 4 is 40.4 Å². The zero-order valence-corrected chi connectivity index (χ0v) is 19.4. The number of benzene rings is 1. The molecule has 0 bridgehead atoms. The summed E-state index contributed by atoms with van der Waals surface area (Å²) in [7, 11) is 0. The number of piperidine rings is 1. The third-order valence-corrected chi connectivity index (χ3v) is 7.17. The Labute approximate surface area is 195 Å². The molecule has 4 rings (SSSR count). The van der Waals surface area contributed by atoms with Gasteiger partial charge >= 0.3 is 0 Å². The maximum absolute atomic E-state index is 12.9. The zero-order valence-electron chi connectivity index (χ0n) is 17.8. The number of primary amides is 1. The number of carbonyl (C=O) groups excluding carboxylic acids is 2. The summed E-state index contributed by atoms with van der Waals surface area (Å²) in [5, 5.41) is 3.94. The highest BCUT2D eigenvalue weighted by atomic mass is 35.5. The van der Waals surface area contributed by atoms with Crippen LogP contribution < -0.4 is 26.3 Å². The van der Waals surface area contributed by atoms with Gasteiger partial charge in [0, 0.05) is 37.7 Å². The predicted octanol–water partition coefficient (Wildman–Crippen LogP) is 1.99. The molecule has 1 aromatic heterocycles. The van der Waals surface area contributed by atoms with Crippen molar-refractivity contribution in [2.75, 3.05) is 38.6 Å². The molecule has 3 heterocycles. The molecule has 0 spiro atoms. The van der Waals surface area contributed by atoms with E-state index < -0.39 is 5.91 Å². The lowest BCUT2D eigenvalue weighted by Gasteiger charge is -2.32. The number of nitrogens with zero attached hydrogens (tertiary/aromatic N) is 2.